The minimum atomic E-state index is -0.304. The van der Waals surface area contributed by atoms with Gasteiger partial charge in [-0.3, -0.25) is 14.4 Å². The lowest BCUT2D eigenvalue weighted by Crippen LogP contribution is -2.44. The number of anilines is 1. The van der Waals surface area contributed by atoms with Crippen LogP contribution in [0.3, 0.4) is 0 Å². The summed E-state index contributed by atoms with van der Waals surface area (Å²) < 4.78 is 4.97. The van der Waals surface area contributed by atoms with Crippen LogP contribution in [0.25, 0.3) is 0 Å². The fraction of sp³-hybridized carbons (Fsp3) is 0.478. The second-order valence-electron chi connectivity index (χ2n) is 8.57. The number of amides is 3. The van der Waals surface area contributed by atoms with Crippen LogP contribution in [0.15, 0.2) is 34.9 Å². The smallest absolute Gasteiger partial charge is 0.228 e. The molecule has 0 bridgehead atoms. The SMILES string of the molecule is Cc1ccc(CN2CC(C(=O)N3CCC(C(=O)Nc4cc(C)on4)CC3)CC2=O)cc1. The molecule has 2 saturated heterocycles. The maximum Gasteiger partial charge on any atom is 0.228 e. The molecule has 2 aliphatic heterocycles. The summed E-state index contributed by atoms with van der Waals surface area (Å²) in [6.45, 7) is 5.84. The standard InChI is InChI=1S/C23H28N4O4/c1-15-3-5-17(6-4-15)13-27-14-19(12-21(27)28)23(30)26-9-7-18(8-10-26)22(29)24-20-11-16(2)31-25-20/h3-6,11,18-19H,7-10,12-14H2,1-2H3,(H,24,25,29). The molecule has 31 heavy (non-hydrogen) atoms. The van der Waals surface area contributed by atoms with E-state index >= 15 is 0 Å². The van der Waals surface area contributed by atoms with E-state index in [1.54, 1.807) is 22.8 Å². The largest absolute Gasteiger partial charge is 0.360 e. The first-order chi connectivity index (χ1) is 14.9. The van der Waals surface area contributed by atoms with Crippen LogP contribution in [-0.2, 0) is 20.9 Å². The average molecular weight is 425 g/mol. The zero-order valence-corrected chi connectivity index (χ0v) is 18.0. The number of benzene rings is 1. The molecule has 4 rings (SSSR count). The van der Waals surface area contributed by atoms with Gasteiger partial charge >= 0.3 is 0 Å². The van der Waals surface area contributed by atoms with E-state index in [9.17, 15) is 14.4 Å². The van der Waals surface area contributed by atoms with E-state index < -0.39 is 0 Å². The molecule has 1 aromatic heterocycles. The van der Waals surface area contributed by atoms with Crippen molar-refractivity contribution in [1.82, 2.24) is 15.0 Å². The number of aryl methyl sites for hydroxylation is 2. The number of carbonyl (C=O) groups is 3. The molecule has 3 amide bonds. The van der Waals surface area contributed by atoms with Crippen molar-refractivity contribution in [3.63, 3.8) is 0 Å². The lowest BCUT2D eigenvalue weighted by Gasteiger charge is -2.32. The van der Waals surface area contributed by atoms with Crippen molar-refractivity contribution < 1.29 is 18.9 Å². The van der Waals surface area contributed by atoms with Crippen LogP contribution in [0.4, 0.5) is 5.82 Å². The Kier molecular flexibility index (Phi) is 6.06. The van der Waals surface area contributed by atoms with Gasteiger partial charge in [-0.15, -0.1) is 0 Å². The van der Waals surface area contributed by atoms with Gasteiger partial charge in [0.2, 0.25) is 17.7 Å². The zero-order chi connectivity index (χ0) is 22.0. The molecule has 0 saturated carbocycles. The first-order valence-electron chi connectivity index (χ1n) is 10.8. The Morgan fingerprint density at radius 3 is 2.48 bits per heavy atom. The number of nitrogens with one attached hydrogen (secondary N) is 1. The molecule has 2 fully saturated rings. The van der Waals surface area contributed by atoms with E-state index in [4.69, 9.17) is 4.52 Å². The highest BCUT2D eigenvalue weighted by atomic mass is 16.5. The van der Waals surface area contributed by atoms with Crippen LogP contribution in [0.2, 0.25) is 0 Å². The summed E-state index contributed by atoms with van der Waals surface area (Å²) in [4.78, 5) is 41.4. The third-order valence-electron chi connectivity index (χ3n) is 6.11. The number of carbonyl (C=O) groups excluding carboxylic acids is 3. The molecule has 1 unspecified atom stereocenters. The lowest BCUT2D eigenvalue weighted by molar-refractivity contribution is -0.138. The number of likely N-dealkylation sites (tertiary alicyclic amines) is 2. The first kappa shape index (κ1) is 21.1. The summed E-state index contributed by atoms with van der Waals surface area (Å²) in [6, 6.07) is 9.78. The maximum absolute atomic E-state index is 13.0. The quantitative estimate of drug-likeness (QED) is 0.796. The van der Waals surface area contributed by atoms with Crippen LogP contribution >= 0.6 is 0 Å². The van der Waals surface area contributed by atoms with Crippen molar-refractivity contribution in [2.75, 3.05) is 25.0 Å². The summed E-state index contributed by atoms with van der Waals surface area (Å²) in [5, 5.41) is 6.56. The van der Waals surface area contributed by atoms with Gasteiger partial charge in [0, 0.05) is 44.6 Å². The molecular formula is C23H28N4O4. The highest BCUT2D eigenvalue weighted by molar-refractivity contribution is 5.92. The van der Waals surface area contributed by atoms with Crippen molar-refractivity contribution in [3.8, 4) is 0 Å². The van der Waals surface area contributed by atoms with Gasteiger partial charge in [0.15, 0.2) is 5.82 Å². The van der Waals surface area contributed by atoms with Gasteiger partial charge in [-0.1, -0.05) is 35.0 Å². The summed E-state index contributed by atoms with van der Waals surface area (Å²) in [5.41, 5.74) is 2.25. The second kappa shape index (κ2) is 8.91. The molecular weight excluding hydrogens is 396 g/mol. The summed E-state index contributed by atoms with van der Waals surface area (Å²) in [5.74, 6) is 0.533. The monoisotopic (exact) mass is 424 g/mol. The van der Waals surface area contributed by atoms with Crippen LogP contribution in [0, 0.1) is 25.7 Å². The molecule has 2 aromatic rings. The predicted molar refractivity (Wildman–Crippen MR) is 114 cm³/mol. The number of hydrogen-bond acceptors (Lipinski definition) is 5. The first-order valence-corrected chi connectivity index (χ1v) is 10.8. The number of rotatable bonds is 5. The molecule has 0 radical (unpaired) electrons. The van der Waals surface area contributed by atoms with Crippen LogP contribution in [0.5, 0.6) is 0 Å². The zero-order valence-electron chi connectivity index (χ0n) is 18.0. The third-order valence-corrected chi connectivity index (χ3v) is 6.11. The Morgan fingerprint density at radius 2 is 1.84 bits per heavy atom. The van der Waals surface area contributed by atoms with Crippen molar-refractivity contribution in [2.24, 2.45) is 11.8 Å². The van der Waals surface area contributed by atoms with Gasteiger partial charge in [0.1, 0.15) is 5.76 Å². The van der Waals surface area contributed by atoms with Gasteiger partial charge in [0.05, 0.1) is 5.92 Å². The molecule has 1 aromatic carbocycles. The summed E-state index contributed by atoms with van der Waals surface area (Å²) in [7, 11) is 0. The number of nitrogens with zero attached hydrogens (tertiary/aromatic N) is 3. The van der Waals surface area contributed by atoms with Gasteiger partial charge < -0.3 is 19.6 Å². The predicted octanol–water partition coefficient (Wildman–Crippen LogP) is 2.52. The van der Waals surface area contributed by atoms with Gasteiger partial charge in [-0.2, -0.15) is 0 Å². The number of piperidine rings is 1. The van der Waals surface area contributed by atoms with Crippen LogP contribution < -0.4 is 5.32 Å². The Bertz CT molecular complexity index is 960. The van der Waals surface area contributed by atoms with Crippen LogP contribution in [-0.4, -0.2) is 52.3 Å². The Hall–Kier alpha value is -3.16. The molecule has 0 aliphatic carbocycles. The van der Waals surface area contributed by atoms with E-state index in [0.29, 0.717) is 50.6 Å². The number of aromatic nitrogens is 1. The van der Waals surface area contributed by atoms with Gasteiger partial charge in [0.25, 0.3) is 0 Å². The lowest BCUT2D eigenvalue weighted by atomic mass is 9.94. The highest BCUT2D eigenvalue weighted by Crippen LogP contribution is 2.26. The third kappa shape index (κ3) is 4.95. The van der Waals surface area contributed by atoms with E-state index in [0.717, 1.165) is 5.56 Å². The maximum atomic E-state index is 13.0. The number of hydrogen-bond donors (Lipinski definition) is 1. The Labute approximate surface area is 181 Å². The van der Waals surface area contributed by atoms with Crippen LogP contribution in [0.1, 0.15) is 36.1 Å². The van der Waals surface area contributed by atoms with Crippen molar-refractivity contribution in [3.05, 3.63) is 47.2 Å². The van der Waals surface area contributed by atoms with Gasteiger partial charge in [-0.25, -0.2) is 0 Å². The van der Waals surface area contributed by atoms with E-state index in [-0.39, 0.29) is 36.0 Å². The molecule has 3 heterocycles. The molecule has 1 N–H and O–H groups in total. The van der Waals surface area contributed by atoms with Gasteiger partial charge in [-0.05, 0) is 32.3 Å². The van der Waals surface area contributed by atoms with E-state index in [1.165, 1.54) is 5.56 Å². The van der Waals surface area contributed by atoms with Crippen molar-refractivity contribution in [1.29, 1.82) is 0 Å². The summed E-state index contributed by atoms with van der Waals surface area (Å²) >= 11 is 0. The molecule has 2 aliphatic rings. The average Bonchev–Trinajstić information content (AvgIpc) is 3.34. The minimum Gasteiger partial charge on any atom is -0.360 e. The van der Waals surface area contributed by atoms with E-state index in [2.05, 4.69) is 10.5 Å². The minimum absolute atomic E-state index is 0.0192. The highest BCUT2D eigenvalue weighted by Gasteiger charge is 2.38. The molecule has 8 nitrogen and oxygen atoms in total. The second-order valence-corrected chi connectivity index (χ2v) is 8.57. The molecule has 0 spiro atoms. The Morgan fingerprint density at radius 1 is 1.13 bits per heavy atom. The van der Waals surface area contributed by atoms with Crippen molar-refractivity contribution >= 4 is 23.5 Å². The molecule has 8 heteroatoms. The normalized spacial score (nSPS) is 19.7. The topological polar surface area (TPSA) is 95.8 Å². The summed E-state index contributed by atoms with van der Waals surface area (Å²) in [6.07, 6.45) is 1.46. The van der Waals surface area contributed by atoms with Crippen molar-refractivity contribution in [2.45, 2.75) is 39.7 Å². The fourth-order valence-corrected chi connectivity index (χ4v) is 4.28. The fourth-order valence-electron chi connectivity index (χ4n) is 4.28. The molecule has 164 valence electrons. The molecule has 1 atom stereocenters. The Balaban J connectivity index is 1.27. The van der Waals surface area contributed by atoms with E-state index in [1.807, 2.05) is 31.2 Å².